The van der Waals surface area contributed by atoms with Gasteiger partial charge in [-0.25, -0.2) is 8.42 Å². The van der Waals surface area contributed by atoms with E-state index in [0.717, 1.165) is 5.52 Å². The smallest absolute Gasteiger partial charge is 0.279 e. The van der Waals surface area contributed by atoms with E-state index in [1.54, 1.807) is 17.6 Å². The number of nitrogens with zero attached hydrogens (tertiary/aromatic N) is 3. The molecular weight excluding hydrogens is 402 g/mol. The number of nitro groups is 1. The molecular formula is C18H17N3O5S2. The quantitative estimate of drug-likeness (QED) is 0.466. The van der Waals surface area contributed by atoms with Gasteiger partial charge in [-0.2, -0.15) is 4.99 Å². The molecule has 2 aromatic carbocycles. The summed E-state index contributed by atoms with van der Waals surface area (Å²) in [6.45, 7) is 3.98. The zero-order valence-electron chi connectivity index (χ0n) is 15.2. The molecule has 0 saturated heterocycles. The highest BCUT2D eigenvalue weighted by Gasteiger charge is 2.14. The Balaban J connectivity index is 2.04. The van der Waals surface area contributed by atoms with Crippen molar-refractivity contribution >= 4 is 43.0 Å². The van der Waals surface area contributed by atoms with Crippen LogP contribution in [0.2, 0.25) is 0 Å². The van der Waals surface area contributed by atoms with Crippen LogP contribution in [0.25, 0.3) is 10.2 Å². The minimum Gasteiger partial charge on any atom is -0.317 e. The monoisotopic (exact) mass is 419 g/mol. The van der Waals surface area contributed by atoms with Crippen LogP contribution in [-0.2, 0) is 16.4 Å². The van der Waals surface area contributed by atoms with Crippen molar-refractivity contribution in [3.8, 4) is 0 Å². The maximum atomic E-state index is 12.5. The fourth-order valence-corrected chi connectivity index (χ4v) is 4.70. The molecule has 0 unspecified atom stereocenters. The summed E-state index contributed by atoms with van der Waals surface area (Å²) in [4.78, 5) is 27.8. The summed E-state index contributed by atoms with van der Waals surface area (Å²) >= 11 is 1.19. The van der Waals surface area contributed by atoms with Crippen molar-refractivity contribution in [1.82, 2.24) is 4.57 Å². The number of amides is 1. The minimum absolute atomic E-state index is 0.0188. The third-order valence-electron chi connectivity index (χ3n) is 4.23. The van der Waals surface area contributed by atoms with E-state index in [4.69, 9.17) is 0 Å². The summed E-state index contributed by atoms with van der Waals surface area (Å²) in [5.74, 6) is -0.529. The Hall–Kier alpha value is -2.85. The summed E-state index contributed by atoms with van der Waals surface area (Å²) in [5.41, 5.74) is 0.998. The molecule has 0 saturated carbocycles. The van der Waals surface area contributed by atoms with Crippen LogP contribution in [0.15, 0.2) is 52.4 Å². The van der Waals surface area contributed by atoms with Crippen molar-refractivity contribution in [2.24, 2.45) is 4.99 Å². The summed E-state index contributed by atoms with van der Waals surface area (Å²) in [6.07, 6.45) is 0. The van der Waals surface area contributed by atoms with Crippen LogP contribution in [0.1, 0.15) is 24.2 Å². The maximum absolute atomic E-state index is 12.5. The Labute approximate surface area is 164 Å². The van der Waals surface area contributed by atoms with Crippen LogP contribution < -0.4 is 4.80 Å². The number of thiazole rings is 1. The Morgan fingerprint density at radius 2 is 1.86 bits per heavy atom. The number of non-ortho nitro benzene ring substituents is 1. The van der Waals surface area contributed by atoms with Crippen molar-refractivity contribution in [2.45, 2.75) is 25.3 Å². The van der Waals surface area contributed by atoms with Gasteiger partial charge in [0.15, 0.2) is 14.6 Å². The zero-order chi connectivity index (χ0) is 20.5. The molecule has 3 aromatic rings. The van der Waals surface area contributed by atoms with Gasteiger partial charge in [0.25, 0.3) is 11.6 Å². The van der Waals surface area contributed by atoms with Crippen molar-refractivity contribution in [1.29, 1.82) is 0 Å². The molecule has 0 N–H and O–H groups in total. The van der Waals surface area contributed by atoms with E-state index in [1.165, 1.54) is 47.7 Å². The highest BCUT2D eigenvalue weighted by atomic mass is 32.2. The molecule has 0 aliphatic rings. The topological polar surface area (TPSA) is 112 Å². The minimum atomic E-state index is -3.34. The molecule has 3 rings (SSSR count). The number of hydrogen-bond acceptors (Lipinski definition) is 6. The Morgan fingerprint density at radius 1 is 1.18 bits per heavy atom. The predicted molar refractivity (Wildman–Crippen MR) is 106 cm³/mol. The number of hydrogen-bond donors (Lipinski definition) is 0. The van der Waals surface area contributed by atoms with Gasteiger partial charge in [-0.05, 0) is 37.3 Å². The Kier molecular flexibility index (Phi) is 5.43. The van der Waals surface area contributed by atoms with E-state index < -0.39 is 20.7 Å². The molecule has 8 nitrogen and oxygen atoms in total. The second kappa shape index (κ2) is 7.64. The van der Waals surface area contributed by atoms with Gasteiger partial charge in [-0.3, -0.25) is 14.9 Å². The second-order valence-corrected chi connectivity index (χ2v) is 9.17. The largest absolute Gasteiger partial charge is 0.317 e. The molecule has 0 fully saturated rings. The molecule has 28 heavy (non-hydrogen) atoms. The first kappa shape index (κ1) is 19.9. The van der Waals surface area contributed by atoms with E-state index in [9.17, 15) is 23.3 Å². The van der Waals surface area contributed by atoms with Gasteiger partial charge in [0, 0.05) is 24.2 Å². The van der Waals surface area contributed by atoms with E-state index in [-0.39, 0.29) is 21.9 Å². The summed E-state index contributed by atoms with van der Waals surface area (Å²) in [7, 11) is -3.34. The molecule has 0 atom stereocenters. The Bertz CT molecular complexity index is 1240. The standard InChI is InChI=1S/C18H17N3O5S2/c1-3-20-15-10-7-13(21(23)24)11-16(15)27-18(20)19-17(22)12-5-8-14(9-6-12)28(25,26)4-2/h5-11H,3-4H2,1-2H3. The third-order valence-corrected chi connectivity index (χ3v) is 7.02. The molecule has 146 valence electrons. The van der Waals surface area contributed by atoms with Gasteiger partial charge in [0.2, 0.25) is 0 Å². The molecule has 0 radical (unpaired) electrons. The van der Waals surface area contributed by atoms with E-state index >= 15 is 0 Å². The molecule has 10 heteroatoms. The predicted octanol–water partition coefficient (Wildman–Crippen LogP) is 3.17. The number of fused-ring (bicyclic) bond motifs is 1. The van der Waals surface area contributed by atoms with Crippen LogP contribution in [0.4, 0.5) is 5.69 Å². The average molecular weight is 419 g/mol. The molecule has 1 heterocycles. The average Bonchev–Trinajstić information content (AvgIpc) is 3.03. The van der Waals surface area contributed by atoms with Gasteiger partial charge in [-0.1, -0.05) is 18.3 Å². The van der Waals surface area contributed by atoms with Gasteiger partial charge in [0.05, 0.1) is 25.8 Å². The van der Waals surface area contributed by atoms with Crippen molar-refractivity contribution in [2.75, 3.05) is 5.75 Å². The van der Waals surface area contributed by atoms with Gasteiger partial charge < -0.3 is 4.57 Å². The lowest BCUT2D eigenvalue weighted by atomic mass is 10.2. The first-order valence-corrected chi connectivity index (χ1v) is 10.9. The number of sulfone groups is 1. The van der Waals surface area contributed by atoms with Crippen LogP contribution in [0.3, 0.4) is 0 Å². The Morgan fingerprint density at radius 3 is 2.43 bits per heavy atom. The highest BCUT2D eigenvalue weighted by molar-refractivity contribution is 7.91. The van der Waals surface area contributed by atoms with Gasteiger partial charge in [-0.15, -0.1) is 0 Å². The third kappa shape index (κ3) is 3.73. The maximum Gasteiger partial charge on any atom is 0.279 e. The molecule has 0 aliphatic heterocycles. The fraction of sp³-hybridized carbons (Fsp3) is 0.222. The first-order valence-electron chi connectivity index (χ1n) is 8.46. The molecule has 0 bridgehead atoms. The fourth-order valence-electron chi connectivity index (χ4n) is 2.69. The number of carbonyl (C=O) groups is 1. The highest BCUT2D eigenvalue weighted by Crippen LogP contribution is 2.23. The van der Waals surface area contributed by atoms with Gasteiger partial charge >= 0.3 is 0 Å². The molecule has 1 amide bonds. The second-order valence-electron chi connectivity index (χ2n) is 5.88. The van der Waals surface area contributed by atoms with Crippen LogP contribution in [0.5, 0.6) is 0 Å². The number of carbonyl (C=O) groups excluding carboxylic acids is 1. The van der Waals surface area contributed by atoms with Gasteiger partial charge in [0.1, 0.15) is 0 Å². The van der Waals surface area contributed by atoms with Crippen molar-refractivity contribution in [3.63, 3.8) is 0 Å². The van der Waals surface area contributed by atoms with Crippen molar-refractivity contribution < 1.29 is 18.1 Å². The zero-order valence-corrected chi connectivity index (χ0v) is 16.8. The van der Waals surface area contributed by atoms with E-state index in [1.807, 2.05) is 6.92 Å². The number of benzene rings is 2. The van der Waals surface area contributed by atoms with E-state index in [0.29, 0.717) is 16.0 Å². The lowest BCUT2D eigenvalue weighted by Gasteiger charge is -2.02. The van der Waals surface area contributed by atoms with Crippen molar-refractivity contribution in [3.05, 3.63) is 62.9 Å². The molecule has 0 spiro atoms. The molecule has 1 aromatic heterocycles. The SMILES string of the molecule is CCn1c(=NC(=O)c2ccc(S(=O)(=O)CC)cc2)sc2cc([N+](=O)[O-])ccc21. The van der Waals surface area contributed by atoms with Crippen LogP contribution in [-0.4, -0.2) is 29.6 Å². The van der Waals surface area contributed by atoms with Crippen LogP contribution in [0, 0.1) is 10.1 Å². The van der Waals surface area contributed by atoms with E-state index in [2.05, 4.69) is 4.99 Å². The normalized spacial score (nSPS) is 12.4. The number of nitro benzene ring substituents is 1. The lowest BCUT2D eigenvalue weighted by Crippen LogP contribution is -2.16. The number of aromatic nitrogens is 1. The molecule has 0 aliphatic carbocycles. The summed E-state index contributed by atoms with van der Waals surface area (Å²) in [5, 5.41) is 11.0. The van der Waals surface area contributed by atoms with Crippen LogP contribution >= 0.6 is 11.3 Å². The first-order chi connectivity index (χ1) is 13.3. The summed E-state index contributed by atoms with van der Waals surface area (Å²) in [6, 6.07) is 10.2. The summed E-state index contributed by atoms with van der Waals surface area (Å²) < 4.78 is 26.2. The lowest BCUT2D eigenvalue weighted by molar-refractivity contribution is -0.384. The number of aryl methyl sites for hydroxylation is 1. The number of rotatable bonds is 5.